The second-order valence-corrected chi connectivity index (χ2v) is 4.71. The average molecular weight is 266 g/mol. The summed E-state index contributed by atoms with van der Waals surface area (Å²) in [5, 5.41) is 13.4. The molecule has 18 heavy (non-hydrogen) atoms. The number of nitrogens with zero attached hydrogens (tertiary/aromatic N) is 2. The number of nitrogens with one attached hydrogen (secondary N) is 1. The molecule has 1 aromatic heterocycles. The Labute approximate surface area is 108 Å². The normalized spacial score (nSPS) is 19.5. The lowest BCUT2D eigenvalue weighted by Crippen LogP contribution is -2.28. The molecule has 0 saturated carbocycles. The molecule has 1 saturated heterocycles. The summed E-state index contributed by atoms with van der Waals surface area (Å²) in [7, 11) is 0. The molecule has 1 unspecified atom stereocenters. The highest BCUT2D eigenvalue weighted by atomic mass is 35.5. The van der Waals surface area contributed by atoms with E-state index < -0.39 is 0 Å². The second kappa shape index (κ2) is 4.26. The highest BCUT2D eigenvalue weighted by Gasteiger charge is 2.22. The van der Waals surface area contributed by atoms with Crippen LogP contribution >= 0.6 is 11.6 Å². The Bertz CT molecular complexity index is 662. The number of aromatic hydroxyl groups is 1. The van der Waals surface area contributed by atoms with E-state index in [2.05, 4.69) is 10.3 Å². The first-order chi connectivity index (χ1) is 8.68. The number of fused-ring (bicyclic) bond motifs is 1. The molecule has 1 aliphatic heterocycles. The van der Waals surface area contributed by atoms with Crippen molar-refractivity contribution in [3.8, 4) is 5.75 Å². The minimum atomic E-state index is -0.281. The third kappa shape index (κ3) is 1.67. The van der Waals surface area contributed by atoms with Crippen molar-refractivity contribution < 1.29 is 5.11 Å². The van der Waals surface area contributed by atoms with Gasteiger partial charge < -0.3 is 10.4 Å². The van der Waals surface area contributed by atoms with Crippen LogP contribution in [0.1, 0.15) is 12.5 Å². The van der Waals surface area contributed by atoms with Crippen LogP contribution in [0.25, 0.3) is 10.9 Å². The minimum Gasteiger partial charge on any atom is -0.507 e. The van der Waals surface area contributed by atoms with E-state index in [1.54, 1.807) is 12.1 Å². The van der Waals surface area contributed by atoms with Crippen molar-refractivity contribution in [3.63, 3.8) is 0 Å². The molecule has 0 radical (unpaired) electrons. The largest absolute Gasteiger partial charge is 0.507 e. The van der Waals surface area contributed by atoms with Crippen LogP contribution in [0.15, 0.2) is 23.0 Å². The van der Waals surface area contributed by atoms with E-state index in [4.69, 9.17) is 11.6 Å². The first-order valence-electron chi connectivity index (χ1n) is 5.79. The zero-order valence-corrected chi connectivity index (χ0v) is 10.3. The number of halogens is 1. The van der Waals surface area contributed by atoms with Gasteiger partial charge in [-0.2, -0.15) is 0 Å². The summed E-state index contributed by atoms with van der Waals surface area (Å²) in [6, 6.07) is 4.79. The van der Waals surface area contributed by atoms with Gasteiger partial charge in [0.1, 0.15) is 11.1 Å². The van der Waals surface area contributed by atoms with Gasteiger partial charge in [-0.25, -0.2) is 4.98 Å². The second-order valence-electron chi connectivity index (χ2n) is 4.37. The Morgan fingerprint density at radius 2 is 2.33 bits per heavy atom. The summed E-state index contributed by atoms with van der Waals surface area (Å²) >= 11 is 6.08. The zero-order valence-electron chi connectivity index (χ0n) is 9.56. The number of rotatable bonds is 1. The highest BCUT2D eigenvalue weighted by molar-refractivity contribution is 6.28. The van der Waals surface area contributed by atoms with Crippen LogP contribution in [0.4, 0.5) is 0 Å². The fourth-order valence-electron chi connectivity index (χ4n) is 2.37. The summed E-state index contributed by atoms with van der Waals surface area (Å²) in [5.74, 6) is -0.0543. The third-order valence-electron chi connectivity index (χ3n) is 3.26. The number of hydrogen-bond acceptors (Lipinski definition) is 4. The third-order valence-corrected chi connectivity index (χ3v) is 3.53. The molecule has 1 fully saturated rings. The molecular formula is C12H12ClN3O2. The number of hydrogen-bond donors (Lipinski definition) is 2. The highest BCUT2D eigenvalue weighted by Crippen LogP contribution is 2.24. The predicted octanol–water partition coefficient (Wildman–Crippen LogP) is 1.29. The van der Waals surface area contributed by atoms with Crippen molar-refractivity contribution in [1.29, 1.82) is 0 Å². The van der Waals surface area contributed by atoms with Gasteiger partial charge in [-0.05, 0) is 36.7 Å². The van der Waals surface area contributed by atoms with Gasteiger partial charge >= 0.3 is 0 Å². The van der Waals surface area contributed by atoms with Crippen LogP contribution in [0.5, 0.6) is 5.75 Å². The molecule has 0 aliphatic carbocycles. The monoisotopic (exact) mass is 265 g/mol. The minimum absolute atomic E-state index is 0.00139. The van der Waals surface area contributed by atoms with E-state index in [-0.39, 0.29) is 28.0 Å². The molecule has 0 amide bonds. The molecule has 94 valence electrons. The maximum absolute atomic E-state index is 12.4. The molecule has 5 nitrogen and oxygen atoms in total. The lowest BCUT2D eigenvalue weighted by atomic mass is 10.2. The Morgan fingerprint density at radius 3 is 3.06 bits per heavy atom. The van der Waals surface area contributed by atoms with Crippen LogP contribution < -0.4 is 10.9 Å². The molecule has 1 aliphatic rings. The van der Waals surface area contributed by atoms with Crippen LogP contribution in [0.2, 0.25) is 5.28 Å². The molecule has 0 bridgehead atoms. The fourth-order valence-corrected chi connectivity index (χ4v) is 2.68. The SMILES string of the molecule is O=c1c2c(O)cccc2nc(Cl)n1C1CCNC1. The summed E-state index contributed by atoms with van der Waals surface area (Å²) in [4.78, 5) is 16.6. The number of phenols is 1. The van der Waals surface area contributed by atoms with Crippen LogP contribution in [-0.2, 0) is 0 Å². The Kier molecular flexibility index (Phi) is 2.72. The average Bonchev–Trinajstić information content (AvgIpc) is 2.82. The molecular weight excluding hydrogens is 254 g/mol. The first kappa shape index (κ1) is 11.5. The van der Waals surface area contributed by atoms with Crippen molar-refractivity contribution in [2.75, 3.05) is 13.1 Å². The number of aromatic nitrogens is 2. The van der Waals surface area contributed by atoms with Crippen LogP contribution in [0.3, 0.4) is 0 Å². The lowest BCUT2D eigenvalue weighted by Gasteiger charge is -2.15. The van der Waals surface area contributed by atoms with Gasteiger partial charge in [0.2, 0.25) is 5.28 Å². The Morgan fingerprint density at radius 1 is 1.50 bits per heavy atom. The van der Waals surface area contributed by atoms with E-state index >= 15 is 0 Å². The topological polar surface area (TPSA) is 67.1 Å². The van der Waals surface area contributed by atoms with Gasteiger partial charge in [0.25, 0.3) is 5.56 Å². The smallest absolute Gasteiger partial charge is 0.266 e. The number of benzene rings is 1. The van der Waals surface area contributed by atoms with Crippen molar-refractivity contribution in [1.82, 2.24) is 14.9 Å². The summed E-state index contributed by atoms with van der Waals surface area (Å²) in [6.07, 6.45) is 0.834. The van der Waals surface area contributed by atoms with E-state index in [0.29, 0.717) is 12.1 Å². The van der Waals surface area contributed by atoms with Gasteiger partial charge in [-0.3, -0.25) is 9.36 Å². The van der Waals surface area contributed by atoms with Gasteiger partial charge in [0.05, 0.1) is 11.6 Å². The van der Waals surface area contributed by atoms with E-state index in [9.17, 15) is 9.90 Å². The molecule has 1 aromatic carbocycles. The van der Waals surface area contributed by atoms with Gasteiger partial charge in [0.15, 0.2) is 0 Å². The lowest BCUT2D eigenvalue weighted by molar-refractivity contribution is 0.478. The maximum Gasteiger partial charge on any atom is 0.266 e. The molecule has 2 aromatic rings. The Hall–Kier alpha value is -1.59. The Balaban J connectivity index is 2.32. The van der Waals surface area contributed by atoms with Gasteiger partial charge in [-0.1, -0.05) is 6.07 Å². The van der Waals surface area contributed by atoms with Crippen molar-refractivity contribution in [2.45, 2.75) is 12.5 Å². The molecule has 2 N–H and O–H groups in total. The summed E-state index contributed by atoms with van der Waals surface area (Å²) in [6.45, 7) is 1.55. The molecule has 6 heteroatoms. The molecule has 0 spiro atoms. The fraction of sp³-hybridized carbons (Fsp3) is 0.333. The van der Waals surface area contributed by atoms with Crippen molar-refractivity contribution in [3.05, 3.63) is 33.8 Å². The first-order valence-corrected chi connectivity index (χ1v) is 6.16. The van der Waals surface area contributed by atoms with E-state index in [0.717, 1.165) is 13.0 Å². The van der Waals surface area contributed by atoms with Gasteiger partial charge in [-0.15, -0.1) is 0 Å². The van der Waals surface area contributed by atoms with Crippen LogP contribution in [-0.4, -0.2) is 27.7 Å². The van der Waals surface area contributed by atoms with Crippen LogP contribution in [0, 0.1) is 0 Å². The maximum atomic E-state index is 12.4. The predicted molar refractivity (Wildman–Crippen MR) is 69.2 cm³/mol. The van der Waals surface area contributed by atoms with Crippen molar-refractivity contribution in [2.24, 2.45) is 0 Å². The zero-order chi connectivity index (χ0) is 12.7. The quantitative estimate of drug-likeness (QED) is 0.763. The van der Waals surface area contributed by atoms with E-state index in [1.165, 1.54) is 10.6 Å². The standard InChI is InChI=1S/C12H12ClN3O2/c13-12-15-8-2-1-3-9(17)10(8)11(18)16(12)7-4-5-14-6-7/h1-3,7,14,17H,4-6H2. The number of phenolic OH excluding ortho intramolecular Hbond substituents is 1. The summed E-state index contributed by atoms with van der Waals surface area (Å²) in [5.41, 5.74) is 0.143. The van der Waals surface area contributed by atoms with Crippen molar-refractivity contribution >= 4 is 22.5 Å². The van der Waals surface area contributed by atoms with E-state index in [1.807, 2.05) is 0 Å². The molecule has 3 rings (SSSR count). The molecule has 1 atom stereocenters. The van der Waals surface area contributed by atoms with Gasteiger partial charge in [0, 0.05) is 6.54 Å². The molecule has 2 heterocycles. The summed E-state index contributed by atoms with van der Waals surface area (Å²) < 4.78 is 1.46.